The minimum absolute atomic E-state index is 0.0776. The summed E-state index contributed by atoms with van der Waals surface area (Å²) < 4.78 is 0. The number of aliphatic hydroxyl groups excluding tert-OH is 1. The van der Waals surface area contributed by atoms with E-state index in [0.29, 0.717) is 6.04 Å². The van der Waals surface area contributed by atoms with Crippen LogP contribution in [0.1, 0.15) is 31.2 Å². The minimum atomic E-state index is -0.0776. The van der Waals surface area contributed by atoms with Crippen LogP contribution in [-0.4, -0.2) is 22.2 Å². The van der Waals surface area contributed by atoms with E-state index in [1.807, 2.05) is 12.4 Å². The third kappa shape index (κ3) is 3.11. The van der Waals surface area contributed by atoms with E-state index in [1.54, 1.807) is 0 Å². The van der Waals surface area contributed by atoms with Gasteiger partial charge in [-0.3, -0.25) is 4.98 Å². The van der Waals surface area contributed by atoms with Crippen molar-refractivity contribution in [3.63, 3.8) is 0 Å². The summed E-state index contributed by atoms with van der Waals surface area (Å²) in [6, 6.07) is 9.12. The molecule has 1 saturated carbocycles. The number of aliphatic hydroxyl groups is 1. The highest BCUT2D eigenvalue weighted by atomic mass is 16.3. The molecule has 1 fully saturated rings. The molecule has 0 spiro atoms. The van der Waals surface area contributed by atoms with Crippen molar-refractivity contribution in [2.45, 2.75) is 44.4 Å². The molecule has 0 radical (unpaired) electrons. The molecule has 2 N–H and O–H groups in total. The quantitative estimate of drug-likeness (QED) is 0.887. The maximum atomic E-state index is 9.50. The van der Waals surface area contributed by atoms with Crippen LogP contribution < -0.4 is 5.32 Å². The lowest BCUT2D eigenvalue weighted by Crippen LogP contribution is -2.34. The summed E-state index contributed by atoms with van der Waals surface area (Å²) in [5.74, 6) is 0. The van der Waals surface area contributed by atoms with E-state index in [4.69, 9.17) is 0 Å². The smallest absolute Gasteiger partial charge is 0.0541 e. The van der Waals surface area contributed by atoms with Gasteiger partial charge in [-0.15, -0.1) is 0 Å². The van der Waals surface area contributed by atoms with E-state index >= 15 is 0 Å². The Morgan fingerprint density at radius 1 is 1.11 bits per heavy atom. The molecule has 0 atom stereocenters. The maximum absolute atomic E-state index is 9.50. The molecule has 3 nitrogen and oxygen atoms in total. The number of rotatable bonds is 3. The molecule has 1 aromatic heterocycles. The second-order valence-corrected chi connectivity index (χ2v) is 5.44. The first-order chi connectivity index (χ1) is 9.31. The van der Waals surface area contributed by atoms with Crippen molar-refractivity contribution >= 4 is 10.8 Å². The number of benzene rings is 1. The number of nitrogens with zero attached hydrogens (tertiary/aromatic N) is 1. The molecule has 100 valence electrons. The average molecular weight is 256 g/mol. The SMILES string of the molecule is OC1CCC(NCc2ccc3cnccc3c2)CC1. The van der Waals surface area contributed by atoms with Gasteiger partial charge in [-0.05, 0) is 48.8 Å². The third-order valence-electron chi connectivity index (χ3n) is 4.00. The van der Waals surface area contributed by atoms with Crippen LogP contribution in [0.2, 0.25) is 0 Å². The Morgan fingerprint density at radius 3 is 2.79 bits per heavy atom. The van der Waals surface area contributed by atoms with Crippen LogP contribution in [0, 0.1) is 0 Å². The fourth-order valence-corrected chi connectivity index (χ4v) is 2.78. The van der Waals surface area contributed by atoms with E-state index in [9.17, 15) is 5.11 Å². The molecule has 0 saturated heterocycles. The molecule has 3 rings (SSSR count). The van der Waals surface area contributed by atoms with E-state index in [2.05, 4.69) is 34.6 Å². The summed E-state index contributed by atoms with van der Waals surface area (Å²) in [6.07, 6.45) is 7.68. The summed E-state index contributed by atoms with van der Waals surface area (Å²) in [6.45, 7) is 0.902. The van der Waals surface area contributed by atoms with Crippen molar-refractivity contribution in [1.29, 1.82) is 0 Å². The summed E-state index contributed by atoms with van der Waals surface area (Å²) in [7, 11) is 0. The first-order valence-electron chi connectivity index (χ1n) is 7.05. The highest BCUT2D eigenvalue weighted by Gasteiger charge is 2.18. The van der Waals surface area contributed by atoms with Crippen molar-refractivity contribution in [2.75, 3.05) is 0 Å². The Hall–Kier alpha value is -1.45. The number of pyridine rings is 1. The van der Waals surface area contributed by atoms with Crippen molar-refractivity contribution in [2.24, 2.45) is 0 Å². The molecule has 1 aliphatic carbocycles. The number of nitrogens with one attached hydrogen (secondary N) is 1. The highest BCUT2D eigenvalue weighted by molar-refractivity contribution is 5.81. The normalized spacial score (nSPS) is 23.6. The molecular formula is C16H20N2O. The Labute approximate surface area is 113 Å². The zero-order valence-corrected chi connectivity index (χ0v) is 11.0. The van der Waals surface area contributed by atoms with Gasteiger partial charge in [-0.25, -0.2) is 0 Å². The van der Waals surface area contributed by atoms with Crippen LogP contribution in [-0.2, 0) is 6.54 Å². The van der Waals surface area contributed by atoms with Crippen molar-refractivity contribution in [1.82, 2.24) is 10.3 Å². The van der Waals surface area contributed by atoms with E-state index < -0.39 is 0 Å². The van der Waals surface area contributed by atoms with E-state index in [-0.39, 0.29) is 6.10 Å². The second kappa shape index (κ2) is 5.68. The molecule has 0 bridgehead atoms. The van der Waals surface area contributed by atoms with Gasteiger partial charge < -0.3 is 10.4 Å². The van der Waals surface area contributed by atoms with Gasteiger partial charge >= 0.3 is 0 Å². The van der Waals surface area contributed by atoms with Crippen LogP contribution >= 0.6 is 0 Å². The van der Waals surface area contributed by atoms with E-state index in [0.717, 1.165) is 32.2 Å². The molecule has 3 heteroatoms. The third-order valence-corrected chi connectivity index (χ3v) is 4.00. The summed E-state index contributed by atoms with van der Waals surface area (Å²) >= 11 is 0. The molecule has 1 aliphatic rings. The van der Waals surface area contributed by atoms with E-state index in [1.165, 1.54) is 16.3 Å². The topological polar surface area (TPSA) is 45.1 Å². The van der Waals surface area contributed by atoms with Gasteiger partial charge in [-0.2, -0.15) is 0 Å². The molecular weight excluding hydrogens is 236 g/mol. The zero-order valence-electron chi connectivity index (χ0n) is 11.0. The molecule has 1 heterocycles. The van der Waals surface area contributed by atoms with Crippen molar-refractivity contribution in [3.05, 3.63) is 42.2 Å². The highest BCUT2D eigenvalue weighted by Crippen LogP contribution is 2.19. The lowest BCUT2D eigenvalue weighted by atomic mass is 9.93. The summed E-state index contributed by atoms with van der Waals surface area (Å²) in [5, 5.41) is 15.5. The Bertz CT molecular complexity index is 547. The molecule has 0 unspecified atom stereocenters. The number of fused-ring (bicyclic) bond motifs is 1. The predicted molar refractivity (Wildman–Crippen MR) is 76.8 cm³/mol. The van der Waals surface area contributed by atoms with Crippen LogP contribution in [0.15, 0.2) is 36.7 Å². The van der Waals surface area contributed by atoms with Gasteiger partial charge in [0, 0.05) is 30.4 Å². The fourth-order valence-electron chi connectivity index (χ4n) is 2.78. The van der Waals surface area contributed by atoms with Crippen molar-refractivity contribution in [3.8, 4) is 0 Å². The standard InChI is InChI=1S/C16H20N2O/c19-16-5-3-15(4-6-16)18-10-12-1-2-14-11-17-8-7-13(14)9-12/h1-2,7-9,11,15-16,18-19H,3-6,10H2. The summed E-state index contributed by atoms with van der Waals surface area (Å²) in [4.78, 5) is 4.13. The molecule has 1 aromatic carbocycles. The van der Waals surface area contributed by atoms with Gasteiger partial charge in [0.25, 0.3) is 0 Å². The van der Waals surface area contributed by atoms with Gasteiger partial charge in [0.2, 0.25) is 0 Å². The van der Waals surface area contributed by atoms with Gasteiger partial charge in [0.1, 0.15) is 0 Å². The lowest BCUT2D eigenvalue weighted by molar-refractivity contribution is 0.116. The van der Waals surface area contributed by atoms with Crippen molar-refractivity contribution < 1.29 is 5.11 Å². The van der Waals surface area contributed by atoms with Gasteiger partial charge in [-0.1, -0.05) is 12.1 Å². The zero-order chi connectivity index (χ0) is 13.1. The Morgan fingerprint density at radius 2 is 1.95 bits per heavy atom. The first kappa shape index (κ1) is 12.6. The molecule has 2 aromatic rings. The van der Waals surface area contributed by atoms with Crippen LogP contribution in [0.4, 0.5) is 0 Å². The fraction of sp³-hybridized carbons (Fsp3) is 0.438. The average Bonchev–Trinajstić information content (AvgIpc) is 2.46. The first-order valence-corrected chi connectivity index (χ1v) is 7.05. The Balaban J connectivity index is 1.62. The maximum Gasteiger partial charge on any atom is 0.0541 e. The summed E-state index contributed by atoms with van der Waals surface area (Å²) in [5.41, 5.74) is 1.31. The Kier molecular flexibility index (Phi) is 3.76. The van der Waals surface area contributed by atoms with Crippen LogP contribution in [0.5, 0.6) is 0 Å². The van der Waals surface area contributed by atoms with Crippen LogP contribution in [0.25, 0.3) is 10.8 Å². The number of hydrogen-bond donors (Lipinski definition) is 2. The molecule has 0 aliphatic heterocycles. The number of aromatic nitrogens is 1. The van der Waals surface area contributed by atoms with Crippen LogP contribution in [0.3, 0.4) is 0 Å². The van der Waals surface area contributed by atoms with Gasteiger partial charge in [0.15, 0.2) is 0 Å². The predicted octanol–water partition coefficient (Wildman–Crippen LogP) is 2.63. The largest absolute Gasteiger partial charge is 0.393 e. The minimum Gasteiger partial charge on any atom is -0.393 e. The monoisotopic (exact) mass is 256 g/mol. The lowest BCUT2D eigenvalue weighted by Gasteiger charge is -2.26. The molecule has 0 amide bonds. The van der Waals surface area contributed by atoms with Gasteiger partial charge in [0.05, 0.1) is 6.10 Å². The number of hydrogen-bond acceptors (Lipinski definition) is 3. The molecule has 19 heavy (non-hydrogen) atoms. The second-order valence-electron chi connectivity index (χ2n) is 5.44.